The third-order valence-corrected chi connectivity index (χ3v) is 5.31. The fourth-order valence-electron chi connectivity index (χ4n) is 3.79. The fourth-order valence-corrected chi connectivity index (χ4v) is 3.79. The molecule has 1 saturated carbocycles. The molecular formula is C22H29ClN2O. The van der Waals surface area contributed by atoms with Gasteiger partial charge in [-0.15, -0.1) is 12.4 Å². The van der Waals surface area contributed by atoms with E-state index in [0.717, 1.165) is 24.9 Å². The van der Waals surface area contributed by atoms with Crippen molar-refractivity contribution < 1.29 is 4.79 Å². The molecule has 0 heterocycles. The summed E-state index contributed by atoms with van der Waals surface area (Å²) in [5.41, 5.74) is 9.12. The van der Waals surface area contributed by atoms with Gasteiger partial charge in [-0.3, -0.25) is 4.79 Å². The molecule has 1 fully saturated rings. The van der Waals surface area contributed by atoms with Crippen LogP contribution in [0.1, 0.15) is 49.1 Å². The summed E-state index contributed by atoms with van der Waals surface area (Å²) in [4.78, 5) is 12.2. The zero-order valence-electron chi connectivity index (χ0n) is 15.2. The summed E-state index contributed by atoms with van der Waals surface area (Å²) >= 11 is 0. The molecule has 0 bridgehead atoms. The van der Waals surface area contributed by atoms with Gasteiger partial charge in [0.05, 0.1) is 0 Å². The van der Waals surface area contributed by atoms with Gasteiger partial charge in [0.25, 0.3) is 0 Å². The Morgan fingerprint density at radius 3 is 2.27 bits per heavy atom. The maximum Gasteiger partial charge on any atom is 0.220 e. The topological polar surface area (TPSA) is 55.1 Å². The summed E-state index contributed by atoms with van der Waals surface area (Å²) in [6.07, 6.45) is 6.24. The first-order valence-corrected chi connectivity index (χ1v) is 9.37. The van der Waals surface area contributed by atoms with Gasteiger partial charge in [0.1, 0.15) is 0 Å². The molecule has 26 heavy (non-hydrogen) atoms. The molecule has 1 amide bonds. The molecule has 3 N–H and O–H groups in total. The lowest BCUT2D eigenvalue weighted by atomic mass is 9.77. The number of carbonyl (C=O) groups excluding carboxylic acids is 1. The Kier molecular flexibility index (Phi) is 7.99. The van der Waals surface area contributed by atoms with Crippen molar-refractivity contribution in [2.75, 3.05) is 12.3 Å². The first-order valence-electron chi connectivity index (χ1n) is 9.37. The largest absolute Gasteiger partial charge is 0.399 e. The Bertz CT molecular complexity index is 664. The number of nitrogen functional groups attached to an aromatic ring is 1. The van der Waals surface area contributed by atoms with Gasteiger partial charge in [0.2, 0.25) is 5.91 Å². The maximum atomic E-state index is 12.2. The maximum absolute atomic E-state index is 12.2. The van der Waals surface area contributed by atoms with Crippen molar-refractivity contribution in [3.8, 4) is 0 Å². The summed E-state index contributed by atoms with van der Waals surface area (Å²) in [5, 5.41) is 3.07. The Hall–Kier alpha value is -2.00. The SMILES string of the molecule is Cl.Nc1ccc(CCNC(=O)CC2CCC(c3ccccc3)CC2)cc1. The number of carbonyl (C=O) groups is 1. The smallest absolute Gasteiger partial charge is 0.220 e. The van der Waals surface area contributed by atoms with Crippen LogP contribution in [0, 0.1) is 5.92 Å². The van der Waals surface area contributed by atoms with Crippen molar-refractivity contribution in [1.29, 1.82) is 0 Å². The van der Waals surface area contributed by atoms with Gasteiger partial charge in [0, 0.05) is 18.7 Å². The second-order valence-corrected chi connectivity index (χ2v) is 7.17. The number of amides is 1. The average Bonchev–Trinajstić information content (AvgIpc) is 2.65. The van der Waals surface area contributed by atoms with Crippen LogP contribution in [-0.2, 0) is 11.2 Å². The molecule has 0 unspecified atom stereocenters. The van der Waals surface area contributed by atoms with Crippen LogP contribution in [-0.4, -0.2) is 12.5 Å². The van der Waals surface area contributed by atoms with E-state index < -0.39 is 0 Å². The molecule has 0 spiro atoms. The Morgan fingerprint density at radius 2 is 1.62 bits per heavy atom. The van der Waals surface area contributed by atoms with Crippen LogP contribution in [0.2, 0.25) is 0 Å². The van der Waals surface area contributed by atoms with E-state index in [-0.39, 0.29) is 18.3 Å². The number of benzene rings is 2. The number of nitrogens with two attached hydrogens (primary N) is 1. The monoisotopic (exact) mass is 372 g/mol. The van der Waals surface area contributed by atoms with Crippen LogP contribution in [0.25, 0.3) is 0 Å². The molecule has 3 nitrogen and oxygen atoms in total. The van der Waals surface area contributed by atoms with Crippen LogP contribution in [0.15, 0.2) is 54.6 Å². The van der Waals surface area contributed by atoms with Crippen LogP contribution in [0.5, 0.6) is 0 Å². The summed E-state index contributed by atoms with van der Waals surface area (Å²) in [7, 11) is 0. The zero-order valence-corrected chi connectivity index (χ0v) is 16.0. The third-order valence-electron chi connectivity index (χ3n) is 5.31. The van der Waals surface area contributed by atoms with Gasteiger partial charge < -0.3 is 11.1 Å². The van der Waals surface area contributed by atoms with E-state index in [4.69, 9.17) is 5.73 Å². The highest BCUT2D eigenvalue weighted by atomic mass is 35.5. The van der Waals surface area contributed by atoms with Gasteiger partial charge in [-0.1, -0.05) is 42.5 Å². The molecule has 0 atom stereocenters. The molecule has 2 aromatic carbocycles. The summed E-state index contributed by atoms with van der Waals surface area (Å²) in [6, 6.07) is 18.6. The zero-order chi connectivity index (χ0) is 17.5. The van der Waals surface area contributed by atoms with Crippen molar-refractivity contribution in [1.82, 2.24) is 5.32 Å². The third kappa shape index (κ3) is 6.06. The normalized spacial score (nSPS) is 19.4. The van der Waals surface area contributed by atoms with Gasteiger partial charge in [0.15, 0.2) is 0 Å². The summed E-state index contributed by atoms with van der Waals surface area (Å²) < 4.78 is 0. The molecule has 0 aromatic heterocycles. The van der Waals surface area contributed by atoms with Gasteiger partial charge in [-0.2, -0.15) is 0 Å². The quantitative estimate of drug-likeness (QED) is 0.721. The van der Waals surface area contributed by atoms with Gasteiger partial charge >= 0.3 is 0 Å². The van der Waals surface area contributed by atoms with Gasteiger partial charge in [-0.05, 0) is 67.2 Å². The second-order valence-electron chi connectivity index (χ2n) is 7.17. The Morgan fingerprint density at radius 1 is 0.962 bits per heavy atom. The highest BCUT2D eigenvalue weighted by Crippen LogP contribution is 2.36. The van der Waals surface area contributed by atoms with Crippen molar-refractivity contribution in [3.05, 3.63) is 65.7 Å². The van der Waals surface area contributed by atoms with E-state index in [1.165, 1.54) is 24.0 Å². The number of hydrogen-bond acceptors (Lipinski definition) is 2. The van der Waals surface area contributed by atoms with Crippen molar-refractivity contribution in [2.45, 2.75) is 44.4 Å². The standard InChI is InChI=1S/C22H28N2O.ClH/c23-21-12-8-17(9-13-21)14-15-24-22(25)16-18-6-10-20(11-7-18)19-4-2-1-3-5-19;/h1-5,8-9,12-13,18,20H,6-7,10-11,14-16,23H2,(H,24,25);1H. The van der Waals surface area contributed by atoms with Crippen LogP contribution in [0.4, 0.5) is 5.69 Å². The van der Waals surface area contributed by atoms with Crippen molar-refractivity contribution >= 4 is 24.0 Å². The minimum Gasteiger partial charge on any atom is -0.399 e. The Labute approximate surface area is 162 Å². The number of nitrogens with one attached hydrogen (secondary N) is 1. The number of halogens is 1. The Balaban J connectivity index is 0.00000243. The second kappa shape index (κ2) is 10.2. The average molecular weight is 373 g/mol. The van der Waals surface area contributed by atoms with Crippen LogP contribution < -0.4 is 11.1 Å². The lowest BCUT2D eigenvalue weighted by molar-refractivity contribution is -0.122. The molecule has 1 aliphatic carbocycles. The molecular weight excluding hydrogens is 344 g/mol. The lowest BCUT2D eigenvalue weighted by Gasteiger charge is -2.28. The van der Waals surface area contributed by atoms with Crippen molar-refractivity contribution in [2.24, 2.45) is 5.92 Å². The fraction of sp³-hybridized carbons (Fsp3) is 0.409. The molecule has 140 valence electrons. The molecule has 1 aliphatic rings. The summed E-state index contributed by atoms with van der Waals surface area (Å²) in [5.74, 6) is 1.40. The summed E-state index contributed by atoms with van der Waals surface area (Å²) in [6.45, 7) is 0.697. The highest BCUT2D eigenvalue weighted by Gasteiger charge is 2.23. The molecule has 2 aromatic rings. The van der Waals surface area contributed by atoms with Crippen LogP contribution in [0.3, 0.4) is 0 Å². The molecule has 0 radical (unpaired) electrons. The molecule has 0 saturated heterocycles. The molecule has 3 rings (SSSR count). The minimum absolute atomic E-state index is 0. The highest BCUT2D eigenvalue weighted by molar-refractivity contribution is 5.85. The first kappa shape index (κ1) is 20.3. The van der Waals surface area contributed by atoms with Crippen molar-refractivity contribution in [3.63, 3.8) is 0 Å². The number of hydrogen-bond donors (Lipinski definition) is 2. The van der Waals surface area contributed by atoms with Gasteiger partial charge in [-0.25, -0.2) is 0 Å². The first-order chi connectivity index (χ1) is 12.2. The van der Waals surface area contributed by atoms with E-state index >= 15 is 0 Å². The van der Waals surface area contributed by atoms with E-state index in [1.807, 2.05) is 24.3 Å². The predicted octanol–water partition coefficient (Wildman–Crippen LogP) is 4.71. The van der Waals surface area contributed by atoms with E-state index in [9.17, 15) is 4.79 Å². The van der Waals surface area contributed by atoms with E-state index in [1.54, 1.807) is 0 Å². The van der Waals surface area contributed by atoms with Crippen LogP contribution >= 0.6 is 12.4 Å². The molecule has 4 heteroatoms. The lowest BCUT2D eigenvalue weighted by Crippen LogP contribution is -2.28. The molecule has 0 aliphatic heterocycles. The number of rotatable bonds is 6. The van der Waals surface area contributed by atoms with E-state index in [2.05, 4.69) is 35.6 Å². The minimum atomic E-state index is 0. The predicted molar refractivity (Wildman–Crippen MR) is 111 cm³/mol. The number of anilines is 1. The van der Waals surface area contributed by atoms with E-state index in [0.29, 0.717) is 24.8 Å².